The zero-order valence-corrected chi connectivity index (χ0v) is 39.0. The van der Waals surface area contributed by atoms with Gasteiger partial charge in [-0.15, -0.1) is 0 Å². The van der Waals surface area contributed by atoms with E-state index in [0.717, 1.165) is 73.1 Å². The lowest BCUT2D eigenvalue weighted by Gasteiger charge is -2.29. The first-order chi connectivity index (χ1) is 31.5. The number of hydrogen-bond acceptors (Lipinski definition) is 10. The Kier molecular flexibility index (Phi) is 16.9. The molecule has 0 bridgehead atoms. The van der Waals surface area contributed by atoms with E-state index in [1.807, 2.05) is 43.3 Å². The van der Waals surface area contributed by atoms with E-state index in [1.54, 1.807) is 0 Å². The quantitative estimate of drug-likeness (QED) is 0.0402. The number of nitrogens with zero attached hydrogens (tertiary/aromatic N) is 2. The molecular formula is C56H56N2O8. The lowest BCUT2D eigenvalue weighted by atomic mass is 9.98. The molecule has 0 saturated heterocycles. The summed E-state index contributed by atoms with van der Waals surface area (Å²) >= 11 is 0. The first-order valence-electron chi connectivity index (χ1n) is 21.4. The van der Waals surface area contributed by atoms with E-state index >= 15 is 0 Å². The Morgan fingerprint density at radius 1 is 0.500 bits per heavy atom. The van der Waals surface area contributed by atoms with Crippen LogP contribution in [0.4, 0.5) is 34.1 Å². The Morgan fingerprint density at radius 3 is 1.23 bits per heavy atom. The van der Waals surface area contributed by atoms with Gasteiger partial charge in [0.05, 0.1) is 25.5 Å². The third kappa shape index (κ3) is 12.7. The van der Waals surface area contributed by atoms with Gasteiger partial charge in [-0.3, -0.25) is 9.59 Å². The highest BCUT2D eigenvalue weighted by Crippen LogP contribution is 2.41. The average Bonchev–Trinajstić information content (AvgIpc) is 3.29. The molecule has 0 radical (unpaired) electrons. The maximum absolute atomic E-state index is 12.6. The van der Waals surface area contributed by atoms with E-state index in [-0.39, 0.29) is 43.7 Å². The first kappa shape index (κ1) is 49.2. The van der Waals surface area contributed by atoms with Crippen LogP contribution in [-0.4, -0.2) is 44.4 Å². The molecule has 0 aromatic heterocycles. The molecule has 0 amide bonds. The Bertz CT molecular complexity index is 2780. The van der Waals surface area contributed by atoms with Crippen molar-refractivity contribution in [3.8, 4) is 11.1 Å². The van der Waals surface area contributed by atoms with Gasteiger partial charge >= 0.3 is 24.1 Å². The minimum atomic E-state index is -0.609. The number of carbonyl (C=O) groups excluding carboxylic acids is 5. The number of aryl methyl sites for hydroxylation is 6. The zero-order chi connectivity index (χ0) is 48.1. The van der Waals surface area contributed by atoms with Crippen molar-refractivity contribution in [1.82, 2.24) is 0 Å². The topological polar surface area (TPSA) is 120 Å². The van der Waals surface area contributed by atoms with Crippen LogP contribution < -0.4 is 9.80 Å². The molecule has 0 fully saturated rings. The number of esters is 3. The molecule has 0 aliphatic rings. The van der Waals surface area contributed by atoms with Crippen molar-refractivity contribution in [2.45, 2.75) is 61.3 Å². The van der Waals surface area contributed by atoms with Crippen molar-refractivity contribution in [3.05, 3.63) is 190 Å². The van der Waals surface area contributed by atoms with Gasteiger partial charge in [0.15, 0.2) is 0 Å². The minimum Gasteiger partial charge on any atom is -0.466 e. The first-order valence-corrected chi connectivity index (χ1v) is 21.4. The fourth-order valence-electron chi connectivity index (χ4n) is 7.29. The lowest BCUT2D eigenvalue weighted by Crippen LogP contribution is -2.15. The summed E-state index contributed by atoms with van der Waals surface area (Å²) in [4.78, 5) is 57.5. The summed E-state index contributed by atoms with van der Waals surface area (Å²) in [6.07, 6.45) is 0.489. The molecule has 6 rings (SSSR count). The van der Waals surface area contributed by atoms with Crippen LogP contribution in [0.25, 0.3) is 11.1 Å². The maximum atomic E-state index is 12.6. The van der Waals surface area contributed by atoms with Gasteiger partial charge < -0.3 is 24.0 Å². The van der Waals surface area contributed by atoms with Gasteiger partial charge in [-0.2, -0.15) is 9.59 Å². The number of rotatable bonds is 16. The molecule has 0 saturated carbocycles. The van der Waals surface area contributed by atoms with Crippen LogP contribution in [0.1, 0.15) is 51.4 Å². The van der Waals surface area contributed by atoms with Crippen LogP contribution in [0, 0.1) is 41.5 Å². The van der Waals surface area contributed by atoms with Gasteiger partial charge in [-0.25, -0.2) is 4.79 Å². The SMILES string of the molecule is C=C(C)COC(=O)Cc1ccc(N(c2ccc(C)c(C)c2)c2ccc(-c3ccc(N(c4ccc(CC(=O)OCC(=C)C(=O)OC)cc4)c4ccc(C)c(C)c4)c(C)c3)cc2C)cc1.O=C=O. The Balaban J connectivity index is 0.00000265. The number of carbonyl (C=O) groups is 3. The molecule has 6 aromatic rings. The lowest BCUT2D eigenvalue weighted by molar-refractivity contribution is -0.191. The molecule has 6 aromatic carbocycles. The second kappa shape index (κ2) is 22.7. The predicted octanol–water partition coefficient (Wildman–Crippen LogP) is 12.0. The zero-order valence-electron chi connectivity index (χ0n) is 39.0. The van der Waals surface area contributed by atoms with Crippen molar-refractivity contribution in [1.29, 1.82) is 0 Å². The second-order valence-corrected chi connectivity index (χ2v) is 16.4. The van der Waals surface area contributed by atoms with Gasteiger partial charge in [0, 0.05) is 34.1 Å². The van der Waals surface area contributed by atoms with Crippen LogP contribution >= 0.6 is 0 Å². The molecular weight excluding hydrogens is 829 g/mol. The highest BCUT2D eigenvalue weighted by atomic mass is 16.5. The van der Waals surface area contributed by atoms with Gasteiger partial charge in [0.25, 0.3) is 0 Å². The third-order valence-electron chi connectivity index (χ3n) is 11.2. The van der Waals surface area contributed by atoms with Crippen molar-refractivity contribution < 1.29 is 38.2 Å². The second-order valence-electron chi connectivity index (χ2n) is 16.4. The van der Waals surface area contributed by atoms with E-state index < -0.39 is 11.9 Å². The van der Waals surface area contributed by atoms with Gasteiger partial charge in [-0.05, 0) is 182 Å². The maximum Gasteiger partial charge on any atom is 0.373 e. The molecule has 0 atom stereocenters. The van der Waals surface area contributed by atoms with Crippen molar-refractivity contribution in [3.63, 3.8) is 0 Å². The van der Waals surface area contributed by atoms with Crippen molar-refractivity contribution in [2.75, 3.05) is 30.1 Å². The van der Waals surface area contributed by atoms with Crippen molar-refractivity contribution in [2.24, 2.45) is 0 Å². The molecule has 10 nitrogen and oxygen atoms in total. The standard InChI is InChI=1S/C55H56N2O6.CO2/c1-35(2)33-62-53(58)31-43-13-21-47(22-14-43)56(49-19-11-36(3)38(5)29-49)51-25-17-45(27-40(51)7)46-18-26-52(41(8)28-46)57(50-20-12-37(4)39(6)30-50)48-23-15-44(16-24-48)32-54(59)63-34-42(9)55(60)61-10;2-1-3/h11-30H,1,9,31-34H2,2-8,10H3;. The molecule has 10 heteroatoms. The summed E-state index contributed by atoms with van der Waals surface area (Å²) in [6.45, 7) is 22.0. The third-order valence-corrected chi connectivity index (χ3v) is 11.2. The van der Waals surface area contributed by atoms with Crippen molar-refractivity contribution >= 4 is 58.2 Å². The number of methoxy groups -OCH3 is 1. The smallest absolute Gasteiger partial charge is 0.373 e. The normalized spacial score (nSPS) is 10.4. The van der Waals surface area contributed by atoms with E-state index in [2.05, 4.69) is 154 Å². The fourth-order valence-corrected chi connectivity index (χ4v) is 7.29. The molecule has 66 heavy (non-hydrogen) atoms. The van der Waals surface area contributed by atoms with E-state index in [9.17, 15) is 14.4 Å². The summed E-state index contributed by atoms with van der Waals surface area (Å²) in [6, 6.07) is 42.1. The van der Waals surface area contributed by atoms with Crippen LogP contribution in [0.2, 0.25) is 0 Å². The van der Waals surface area contributed by atoms with Gasteiger partial charge in [-0.1, -0.05) is 61.7 Å². The van der Waals surface area contributed by atoms with Crippen LogP contribution in [-0.2, 0) is 51.0 Å². The Labute approximate surface area is 387 Å². The molecule has 0 unspecified atom stereocenters. The predicted molar refractivity (Wildman–Crippen MR) is 260 cm³/mol. The molecule has 0 aliphatic heterocycles. The molecule has 0 aliphatic carbocycles. The highest BCUT2D eigenvalue weighted by Gasteiger charge is 2.20. The van der Waals surface area contributed by atoms with Crippen LogP contribution in [0.3, 0.4) is 0 Å². The molecule has 338 valence electrons. The minimum absolute atomic E-state index is 0.0491. The number of benzene rings is 6. The molecule has 0 N–H and O–H groups in total. The monoisotopic (exact) mass is 884 g/mol. The van der Waals surface area contributed by atoms with E-state index in [1.165, 1.54) is 29.4 Å². The van der Waals surface area contributed by atoms with E-state index in [0.29, 0.717) is 0 Å². The number of ether oxygens (including phenoxy) is 3. The Morgan fingerprint density at radius 2 is 0.879 bits per heavy atom. The summed E-state index contributed by atoms with van der Waals surface area (Å²) in [7, 11) is 1.26. The average molecular weight is 885 g/mol. The summed E-state index contributed by atoms with van der Waals surface area (Å²) in [5.74, 6) is -1.35. The summed E-state index contributed by atoms with van der Waals surface area (Å²) in [5.41, 5.74) is 17.8. The Hall–Kier alpha value is -7.81. The largest absolute Gasteiger partial charge is 0.466 e. The summed E-state index contributed by atoms with van der Waals surface area (Å²) in [5, 5.41) is 0. The van der Waals surface area contributed by atoms with Gasteiger partial charge in [0.2, 0.25) is 0 Å². The molecule has 0 heterocycles. The molecule has 0 spiro atoms. The van der Waals surface area contributed by atoms with Gasteiger partial charge in [0.1, 0.15) is 13.2 Å². The van der Waals surface area contributed by atoms with Crippen LogP contribution in [0.5, 0.6) is 0 Å². The van der Waals surface area contributed by atoms with E-state index in [4.69, 9.17) is 19.1 Å². The fraction of sp³-hybridized carbons (Fsp3) is 0.214. The highest BCUT2D eigenvalue weighted by molar-refractivity contribution is 5.88. The number of hydrogen-bond donors (Lipinski definition) is 0. The number of anilines is 6. The summed E-state index contributed by atoms with van der Waals surface area (Å²) < 4.78 is 15.3. The van der Waals surface area contributed by atoms with Crippen LogP contribution in [0.15, 0.2) is 146 Å².